The quantitative estimate of drug-likeness (QED) is 0.681. The zero-order valence-electron chi connectivity index (χ0n) is 8.30. The molecule has 0 amide bonds. The fourth-order valence-corrected chi connectivity index (χ4v) is 1.38. The van der Waals surface area contributed by atoms with E-state index in [4.69, 9.17) is 0 Å². The molecule has 0 radical (unpaired) electrons. The SMILES string of the molecule is C[NH2+]C.O=S(=O)([O-])Cc1ccccc1. The maximum atomic E-state index is 10.2. The first-order valence-electron chi connectivity index (χ1n) is 4.21. The Morgan fingerprint density at radius 1 is 1.21 bits per heavy atom. The fraction of sp³-hybridized carbons (Fsp3) is 0.333. The molecule has 0 atom stereocenters. The molecule has 0 unspecified atom stereocenters. The molecule has 0 aromatic heterocycles. The maximum Gasteiger partial charge on any atom is 0.0988 e. The normalized spacial score (nSPS) is 10.2. The van der Waals surface area contributed by atoms with Crippen molar-refractivity contribution in [1.82, 2.24) is 0 Å². The van der Waals surface area contributed by atoms with Crippen LogP contribution < -0.4 is 5.32 Å². The van der Waals surface area contributed by atoms with Crippen molar-refractivity contribution in [3.05, 3.63) is 35.9 Å². The Hall–Kier alpha value is -0.910. The number of benzene rings is 1. The monoisotopic (exact) mass is 217 g/mol. The fourth-order valence-electron chi connectivity index (χ4n) is 0.778. The van der Waals surface area contributed by atoms with Gasteiger partial charge in [-0.1, -0.05) is 30.3 Å². The summed E-state index contributed by atoms with van der Waals surface area (Å²) in [5.41, 5.74) is 0.530. The van der Waals surface area contributed by atoms with Crippen LogP contribution in [0.1, 0.15) is 5.56 Å². The highest BCUT2D eigenvalue weighted by Crippen LogP contribution is 2.02. The Morgan fingerprint density at radius 2 is 1.64 bits per heavy atom. The number of hydrogen-bond donors (Lipinski definition) is 1. The second-order valence-electron chi connectivity index (χ2n) is 2.76. The molecule has 5 heteroatoms. The van der Waals surface area contributed by atoms with E-state index in [2.05, 4.69) is 0 Å². The van der Waals surface area contributed by atoms with Gasteiger partial charge >= 0.3 is 0 Å². The smallest absolute Gasteiger partial charge is 0.0988 e. The van der Waals surface area contributed by atoms with E-state index in [1.54, 1.807) is 30.3 Å². The highest BCUT2D eigenvalue weighted by Gasteiger charge is 1.95. The van der Waals surface area contributed by atoms with Gasteiger partial charge in [0.1, 0.15) is 0 Å². The first kappa shape index (κ1) is 13.1. The molecule has 4 nitrogen and oxygen atoms in total. The number of nitrogens with two attached hydrogens (primary N) is 1. The van der Waals surface area contributed by atoms with Crippen LogP contribution in [0, 0.1) is 0 Å². The molecule has 14 heavy (non-hydrogen) atoms. The summed E-state index contributed by atoms with van der Waals surface area (Å²) in [7, 11) is -0.127. The van der Waals surface area contributed by atoms with E-state index in [1.165, 1.54) is 0 Å². The minimum atomic E-state index is -4.13. The third-order valence-corrected chi connectivity index (χ3v) is 1.87. The topological polar surface area (TPSA) is 73.8 Å². The molecule has 1 aromatic carbocycles. The Bertz CT molecular complexity index is 334. The summed E-state index contributed by atoms with van der Waals surface area (Å²) < 4.78 is 30.7. The molecule has 0 spiro atoms. The van der Waals surface area contributed by atoms with E-state index in [1.807, 2.05) is 19.4 Å². The lowest BCUT2D eigenvalue weighted by molar-refractivity contribution is -0.597. The van der Waals surface area contributed by atoms with Gasteiger partial charge in [-0.2, -0.15) is 0 Å². The van der Waals surface area contributed by atoms with Crippen LogP contribution in [0.4, 0.5) is 0 Å². The van der Waals surface area contributed by atoms with Gasteiger partial charge in [0.2, 0.25) is 0 Å². The van der Waals surface area contributed by atoms with Gasteiger partial charge in [0.05, 0.1) is 30.0 Å². The van der Waals surface area contributed by atoms with Gasteiger partial charge in [-0.05, 0) is 5.56 Å². The lowest BCUT2D eigenvalue weighted by Crippen LogP contribution is -2.74. The minimum absolute atomic E-state index is 0.423. The van der Waals surface area contributed by atoms with Crippen LogP contribution in [0.2, 0.25) is 0 Å². The van der Waals surface area contributed by atoms with Gasteiger partial charge < -0.3 is 9.87 Å². The average Bonchev–Trinajstić information content (AvgIpc) is 2.04. The van der Waals surface area contributed by atoms with E-state index < -0.39 is 15.9 Å². The van der Waals surface area contributed by atoms with Crippen LogP contribution in [0.5, 0.6) is 0 Å². The summed E-state index contributed by atoms with van der Waals surface area (Å²) in [6, 6.07) is 8.37. The van der Waals surface area contributed by atoms with Crippen molar-refractivity contribution in [2.24, 2.45) is 0 Å². The number of rotatable bonds is 2. The Morgan fingerprint density at radius 3 is 2.00 bits per heavy atom. The Kier molecular flexibility index (Phi) is 6.11. The van der Waals surface area contributed by atoms with Crippen molar-refractivity contribution in [2.45, 2.75) is 5.75 Å². The molecule has 0 bridgehead atoms. The minimum Gasteiger partial charge on any atom is -0.748 e. The second kappa shape index (κ2) is 6.53. The van der Waals surface area contributed by atoms with Crippen LogP contribution in [0.3, 0.4) is 0 Å². The molecular formula is C9H15NO3S. The third kappa shape index (κ3) is 7.72. The molecule has 1 rings (SSSR count). The van der Waals surface area contributed by atoms with Crippen LogP contribution in [-0.2, 0) is 15.9 Å². The highest BCUT2D eigenvalue weighted by molar-refractivity contribution is 7.84. The van der Waals surface area contributed by atoms with Crippen molar-refractivity contribution in [3.8, 4) is 0 Å². The van der Waals surface area contributed by atoms with Crippen molar-refractivity contribution in [1.29, 1.82) is 0 Å². The van der Waals surface area contributed by atoms with Crippen LogP contribution in [0.15, 0.2) is 30.3 Å². The lowest BCUT2D eigenvalue weighted by Gasteiger charge is -2.05. The average molecular weight is 217 g/mol. The zero-order valence-corrected chi connectivity index (χ0v) is 9.12. The summed E-state index contributed by atoms with van der Waals surface area (Å²) in [6.07, 6.45) is 0. The van der Waals surface area contributed by atoms with Crippen LogP contribution >= 0.6 is 0 Å². The molecular weight excluding hydrogens is 202 g/mol. The maximum absolute atomic E-state index is 10.2. The lowest BCUT2D eigenvalue weighted by atomic mass is 10.2. The van der Waals surface area contributed by atoms with E-state index in [0.29, 0.717) is 5.56 Å². The predicted octanol–water partition coefficient (Wildman–Crippen LogP) is -0.459. The molecule has 0 fully saturated rings. The van der Waals surface area contributed by atoms with Gasteiger partial charge in [-0.25, -0.2) is 8.42 Å². The van der Waals surface area contributed by atoms with E-state index in [0.717, 1.165) is 0 Å². The zero-order chi connectivity index (χ0) is 11.0. The molecule has 0 aliphatic heterocycles. The molecule has 1 aromatic rings. The van der Waals surface area contributed by atoms with E-state index >= 15 is 0 Å². The van der Waals surface area contributed by atoms with Crippen molar-refractivity contribution in [2.75, 3.05) is 14.1 Å². The standard InChI is InChI=1S/C7H8O3S.C2H7N/c8-11(9,10)6-7-4-2-1-3-5-7;1-3-2/h1-5H,6H2,(H,8,9,10);3H,1-2H3. The highest BCUT2D eigenvalue weighted by atomic mass is 32.2. The van der Waals surface area contributed by atoms with E-state index in [9.17, 15) is 13.0 Å². The first-order chi connectivity index (χ1) is 6.49. The molecule has 0 heterocycles. The second-order valence-corrected chi connectivity index (χ2v) is 4.17. The van der Waals surface area contributed by atoms with Crippen molar-refractivity contribution in [3.63, 3.8) is 0 Å². The summed E-state index contributed by atoms with van der Waals surface area (Å²) in [6.45, 7) is 0. The van der Waals surface area contributed by atoms with Crippen molar-refractivity contribution >= 4 is 10.1 Å². The molecule has 0 aliphatic rings. The van der Waals surface area contributed by atoms with Gasteiger partial charge in [0.15, 0.2) is 0 Å². The summed E-state index contributed by atoms with van der Waals surface area (Å²) in [4.78, 5) is 0. The van der Waals surface area contributed by atoms with Gasteiger partial charge in [0, 0.05) is 0 Å². The van der Waals surface area contributed by atoms with E-state index in [-0.39, 0.29) is 0 Å². The molecule has 80 valence electrons. The largest absolute Gasteiger partial charge is 0.748 e. The third-order valence-electron chi connectivity index (χ3n) is 1.19. The first-order valence-corrected chi connectivity index (χ1v) is 5.78. The molecule has 2 N–H and O–H groups in total. The number of hydrogen-bond acceptors (Lipinski definition) is 3. The molecule has 0 saturated carbocycles. The van der Waals surface area contributed by atoms with Crippen LogP contribution in [-0.4, -0.2) is 27.1 Å². The Balaban J connectivity index is 0.000000500. The van der Waals surface area contributed by atoms with Crippen LogP contribution in [0.25, 0.3) is 0 Å². The summed E-state index contributed by atoms with van der Waals surface area (Å²) in [5, 5.41) is 2.00. The predicted molar refractivity (Wildman–Crippen MR) is 53.6 cm³/mol. The van der Waals surface area contributed by atoms with Crippen molar-refractivity contribution < 1.29 is 18.3 Å². The summed E-state index contributed by atoms with van der Waals surface area (Å²) >= 11 is 0. The van der Waals surface area contributed by atoms with Gasteiger partial charge in [-0.3, -0.25) is 0 Å². The Labute approximate surface area is 84.7 Å². The number of quaternary nitrogens is 1. The molecule has 0 aliphatic carbocycles. The summed E-state index contributed by atoms with van der Waals surface area (Å²) in [5.74, 6) is -0.423. The van der Waals surface area contributed by atoms with Gasteiger partial charge in [0.25, 0.3) is 0 Å². The molecule has 0 saturated heterocycles. The van der Waals surface area contributed by atoms with Gasteiger partial charge in [-0.15, -0.1) is 0 Å².